The van der Waals surface area contributed by atoms with Gasteiger partial charge in [-0.05, 0) is 52.4 Å². The van der Waals surface area contributed by atoms with E-state index >= 15 is 0 Å². The fourth-order valence-corrected chi connectivity index (χ4v) is 3.57. The highest BCUT2D eigenvalue weighted by atomic mass is 79.9. The first-order valence-corrected chi connectivity index (χ1v) is 7.75. The van der Waals surface area contributed by atoms with Crippen molar-refractivity contribution in [2.75, 3.05) is 0 Å². The topological polar surface area (TPSA) is 56.9 Å². The number of fused-ring (bicyclic) bond motifs is 1. The Balaban J connectivity index is 2.12. The van der Waals surface area contributed by atoms with Crippen LogP contribution in [0.5, 0.6) is 0 Å². The van der Waals surface area contributed by atoms with E-state index in [2.05, 4.69) is 27.0 Å². The molecule has 0 saturated heterocycles. The van der Waals surface area contributed by atoms with Gasteiger partial charge >= 0.3 is 0 Å². The molecule has 2 aromatic rings. The normalized spacial score (nSPS) is 22.1. The lowest BCUT2D eigenvalue weighted by Crippen LogP contribution is -2.36. The average Bonchev–Trinajstić information content (AvgIpc) is 2.53. The maximum absolute atomic E-state index is 10.9. The molecule has 0 spiro atoms. The highest BCUT2D eigenvalue weighted by Crippen LogP contribution is 2.45. The van der Waals surface area contributed by atoms with Crippen molar-refractivity contribution in [2.45, 2.75) is 30.8 Å². The molecule has 1 N–H and O–H groups in total. The van der Waals surface area contributed by atoms with Crippen molar-refractivity contribution in [3.63, 3.8) is 0 Å². The van der Waals surface area contributed by atoms with Gasteiger partial charge in [0.1, 0.15) is 11.5 Å². The zero-order valence-corrected chi connectivity index (χ0v) is 13.0. The van der Waals surface area contributed by atoms with Gasteiger partial charge in [0.15, 0.2) is 0 Å². The highest BCUT2D eigenvalue weighted by Gasteiger charge is 2.44. The molecule has 0 radical (unpaired) electrons. The van der Waals surface area contributed by atoms with E-state index in [1.54, 1.807) is 12.4 Å². The molecule has 1 aromatic carbocycles. The zero-order valence-electron chi connectivity index (χ0n) is 11.5. The number of aliphatic hydroxyl groups is 1. The van der Waals surface area contributed by atoms with E-state index in [0.717, 1.165) is 28.4 Å². The molecule has 0 fully saturated rings. The average molecular weight is 343 g/mol. The second kappa shape index (κ2) is 5.59. The Hall–Kier alpha value is -1.70. The standard InChI is InChI=1S/C17H15BrN2O/c18-14-8-13(9-20-10-14)16(21)17(11-19)7-3-5-12-4-1-2-6-15(12)17/h1-2,4,6,8-10,16,21H,3,5,7H2. The van der Waals surface area contributed by atoms with Crippen LogP contribution >= 0.6 is 15.9 Å². The molecule has 0 saturated carbocycles. The van der Waals surface area contributed by atoms with Crippen molar-refractivity contribution in [1.29, 1.82) is 5.26 Å². The fourth-order valence-electron chi connectivity index (χ4n) is 3.19. The van der Waals surface area contributed by atoms with Gasteiger partial charge in [-0.2, -0.15) is 5.26 Å². The minimum atomic E-state index is -0.892. The molecule has 0 amide bonds. The van der Waals surface area contributed by atoms with Crippen LogP contribution in [0.1, 0.15) is 35.6 Å². The lowest BCUT2D eigenvalue weighted by Gasteiger charge is -2.37. The largest absolute Gasteiger partial charge is 0.386 e. The van der Waals surface area contributed by atoms with E-state index in [0.29, 0.717) is 12.0 Å². The molecule has 2 atom stereocenters. The molecular formula is C17H15BrN2O. The number of halogens is 1. The molecule has 1 aliphatic carbocycles. The molecule has 21 heavy (non-hydrogen) atoms. The van der Waals surface area contributed by atoms with Gasteiger partial charge in [0.05, 0.1) is 6.07 Å². The Kier molecular flexibility index (Phi) is 3.79. The first-order chi connectivity index (χ1) is 10.2. The van der Waals surface area contributed by atoms with Crippen molar-refractivity contribution >= 4 is 15.9 Å². The molecule has 1 aromatic heterocycles. The maximum atomic E-state index is 10.9. The smallest absolute Gasteiger partial charge is 0.112 e. The third-order valence-electron chi connectivity index (χ3n) is 4.22. The number of pyridine rings is 1. The summed E-state index contributed by atoms with van der Waals surface area (Å²) >= 11 is 3.37. The summed E-state index contributed by atoms with van der Waals surface area (Å²) in [4.78, 5) is 4.11. The minimum absolute atomic E-state index is 0.661. The Labute approximate surface area is 132 Å². The third-order valence-corrected chi connectivity index (χ3v) is 4.66. The Morgan fingerprint density at radius 2 is 2.14 bits per heavy atom. The summed E-state index contributed by atoms with van der Waals surface area (Å²) in [5.74, 6) is 0. The summed E-state index contributed by atoms with van der Waals surface area (Å²) in [7, 11) is 0. The van der Waals surface area contributed by atoms with Crippen LogP contribution in [0.4, 0.5) is 0 Å². The molecule has 2 unspecified atom stereocenters. The molecule has 1 heterocycles. The monoisotopic (exact) mass is 342 g/mol. The van der Waals surface area contributed by atoms with E-state index in [4.69, 9.17) is 0 Å². The van der Waals surface area contributed by atoms with Gasteiger partial charge in [-0.1, -0.05) is 24.3 Å². The summed E-state index contributed by atoms with van der Waals surface area (Å²) in [6.07, 6.45) is 4.95. The summed E-state index contributed by atoms with van der Waals surface area (Å²) < 4.78 is 0.802. The second-order valence-electron chi connectivity index (χ2n) is 5.43. The van der Waals surface area contributed by atoms with Gasteiger partial charge in [-0.15, -0.1) is 0 Å². The van der Waals surface area contributed by atoms with Crippen molar-refractivity contribution in [3.8, 4) is 6.07 Å². The number of benzene rings is 1. The number of aromatic nitrogens is 1. The van der Waals surface area contributed by atoms with E-state index in [1.165, 1.54) is 0 Å². The Morgan fingerprint density at radius 1 is 1.33 bits per heavy atom. The summed E-state index contributed by atoms with van der Waals surface area (Å²) in [6.45, 7) is 0. The van der Waals surface area contributed by atoms with Crippen molar-refractivity contribution in [2.24, 2.45) is 0 Å². The van der Waals surface area contributed by atoms with Gasteiger partial charge in [-0.3, -0.25) is 4.98 Å². The van der Waals surface area contributed by atoms with Crippen LogP contribution < -0.4 is 0 Å². The van der Waals surface area contributed by atoms with Crippen LogP contribution in [0.15, 0.2) is 47.2 Å². The lowest BCUT2D eigenvalue weighted by atomic mass is 9.66. The Morgan fingerprint density at radius 3 is 2.90 bits per heavy atom. The minimum Gasteiger partial charge on any atom is -0.386 e. The van der Waals surface area contributed by atoms with E-state index in [-0.39, 0.29) is 0 Å². The first-order valence-electron chi connectivity index (χ1n) is 6.95. The fraction of sp³-hybridized carbons (Fsp3) is 0.294. The van der Waals surface area contributed by atoms with Crippen LogP contribution in [0.2, 0.25) is 0 Å². The van der Waals surface area contributed by atoms with Gasteiger partial charge in [0.25, 0.3) is 0 Å². The lowest BCUT2D eigenvalue weighted by molar-refractivity contribution is 0.0992. The van der Waals surface area contributed by atoms with Gasteiger partial charge in [-0.25, -0.2) is 0 Å². The molecule has 3 rings (SSSR count). The molecule has 0 aliphatic heterocycles. The van der Waals surface area contributed by atoms with Crippen LogP contribution in [-0.2, 0) is 11.8 Å². The maximum Gasteiger partial charge on any atom is 0.112 e. The number of aliphatic hydroxyl groups excluding tert-OH is 1. The molecule has 106 valence electrons. The number of hydrogen-bond acceptors (Lipinski definition) is 3. The number of nitriles is 1. The quantitative estimate of drug-likeness (QED) is 0.905. The van der Waals surface area contributed by atoms with Gasteiger partial charge < -0.3 is 5.11 Å². The van der Waals surface area contributed by atoms with Crippen LogP contribution in [0.3, 0.4) is 0 Å². The third kappa shape index (κ3) is 2.37. The molecule has 3 nitrogen and oxygen atoms in total. The van der Waals surface area contributed by atoms with Crippen molar-refractivity contribution < 1.29 is 5.11 Å². The Bertz CT molecular complexity index is 710. The second-order valence-corrected chi connectivity index (χ2v) is 6.35. The first kappa shape index (κ1) is 14.2. The number of rotatable bonds is 2. The number of hydrogen-bond donors (Lipinski definition) is 1. The molecular weight excluding hydrogens is 328 g/mol. The van der Waals surface area contributed by atoms with E-state index < -0.39 is 11.5 Å². The van der Waals surface area contributed by atoms with Gasteiger partial charge in [0, 0.05) is 22.4 Å². The SMILES string of the molecule is N#CC1(C(O)c2cncc(Br)c2)CCCc2ccccc21. The highest BCUT2D eigenvalue weighted by molar-refractivity contribution is 9.10. The summed E-state index contributed by atoms with van der Waals surface area (Å²) in [6, 6.07) is 12.2. The summed E-state index contributed by atoms with van der Waals surface area (Å²) in [5.41, 5.74) is 1.89. The van der Waals surface area contributed by atoms with Gasteiger partial charge in [0.2, 0.25) is 0 Å². The van der Waals surface area contributed by atoms with E-state index in [1.807, 2.05) is 30.3 Å². The molecule has 1 aliphatic rings. The van der Waals surface area contributed by atoms with Crippen LogP contribution in [0.25, 0.3) is 0 Å². The number of aryl methyl sites for hydroxylation is 1. The van der Waals surface area contributed by atoms with Crippen molar-refractivity contribution in [1.82, 2.24) is 4.98 Å². The summed E-state index contributed by atoms with van der Waals surface area (Å²) in [5, 5.41) is 20.7. The number of nitrogens with zero attached hydrogens (tertiary/aromatic N) is 2. The van der Waals surface area contributed by atoms with Crippen LogP contribution in [-0.4, -0.2) is 10.1 Å². The predicted octanol–water partition coefficient (Wildman–Crippen LogP) is 3.68. The van der Waals surface area contributed by atoms with Crippen LogP contribution in [0, 0.1) is 11.3 Å². The van der Waals surface area contributed by atoms with E-state index in [9.17, 15) is 10.4 Å². The molecule has 0 bridgehead atoms. The van der Waals surface area contributed by atoms with Crippen molar-refractivity contribution in [3.05, 3.63) is 63.9 Å². The zero-order chi connectivity index (χ0) is 14.9. The predicted molar refractivity (Wildman–Crippen MR) is 83.6 cm³/mol. The molecule has 4 heteroatoms.